The molecule has 0 saturated carbocycles. The maximum Gasteiger partial charge on any atom is 0.307 e. The van der Waals surface area contributed by atoms with Gasteiger partial charge in [0.05, 0.1) is 25.6 Å². The third-order valence-corrected chi connectivity index (χ3v) is 3.61. The smallest absolute Gasteiger partial charge is 0.307 e. The maximum atomic E-state index is 12.4. The molecule has 0 radical (unpaired) electrons. The molecule has 7 heteroatoms. The molecule has 3 heterocycles. The molecule has 0 aromatic rings. The van der Waals surface area contributed by atoms with E-state index in [4.69, 9.17) is 18.9 Å². The third-order valence-electron chi connectivity index (χ3n) is 3.61. The van der Waals surface area contributed by atoms with Gasteiger partial charge in [-0.05, 0) is 6.92 Å². The molecular weight excluding hydrogens is 254 g/mol. The van der Waals surface area contributed by atoms with Crippen molar-refractivity contribution in [1.82, 2.24) is 4.90 Å². The van der Waals surface area contributed by atoms with Crippen molar-refractivity contribution >= 4 is 11.9 Å². The Hall–Kier alpha value is -1.18. The minimum atomic E-state index is -0.626. The number of cyclic esters (lactones) is 1. The second kappa shape index (κ2) is 5.07. The highest BCUT2D eigenvalue weighted by Gasteiger charge is 2.50. The average molecular weight is 271 g/mol. The van der Waals surface area contributed by atoms with E-state index in [-0.39, 0.29) is 24.6 Å². The first kappa shape index (κ1) is 12.8. The Labute approximate surface area is 110 Å². The summed E-state index contributed by atoms with van der Waals surface area (Å²) in [5.74, 6) is -0.961. The first-order valence-corrected chi connectivity index (χ1v) is 6.52. The SMILES string of the molecule is CC1OC([C@@H]2OC(=O)C[C@@H]2C(=O)N2CCOCC2)O1. The highest BCUT2D eigenvalue weighted by Crippen LogP contribution is 2.33. The van der Waals surface area contributed by atoms with Crippen LogP contribution < -0.4 is 0 Å². The molecule has 106 valence electrons. The molecule has 3 aliphatic rings. The van der Waals surface area contributed by atoms with E-state index in [1.165, 1.54) is 0 Å². The van der Waals surface area contributed by atoms with Crippen molar-refractivity contribution in [2.75, 3.05) is 26.3 Å². The second-order valence-corrected chi connectivity index (χ2v) is 4.91. The first-order valence-electron chi connectivity index (χ1n) is 6.52. The largest absolute Gasteiger partial charge is 0.456 e. The van der Waals surface area contributed by atoms with Gasteiger partial charge in [-0.3, -0.25) is 9.59 Å². The Morgan fingerprint density at radius 1 is 1.26 bits per heavy atom. The number of carbonyl (C=O) groups is 2. The first-order chi connectivity index (χ1) is 9.15. The van der Waals surface area contributed by atoms with Gasteiger partial charge in [0.1, 0.15) is 0 Å². The predicted octanol–water partition coefficient (Wildman–Crippen LogP) is -0.504. The zero-order valence-electron chi connectivity index (χ0n) is 10.7. The summed E-state index contributed by atoms with van der Waals surface area (Å²) in [6.07, 6.45) is -1.45. The van der Waals surface area contributed by atoms with E-state index >= 15 is 0 Å². The number of carbonyl (C=O) groups excluding carboxylic acids is 2. The number of nitrogens with zero attached hydrogens (tertiary/aromatic N) is 1. The van der Waals surface area contributed by atoms with Crippen LogP contribution in [0, 0.1) is 5.92 Å². The zero-order valence-corrected chi connectivity index (χ0v) is 10.7. The molecule has 7 nitrogen and oxygen atoms in total. The fraction of sp³-hybridized carbons (Fsp3) is 0.833. The highest BCUT2D eigenvalue weighted by molar-refractivity contribution is 5.87. The lowest BCUT2D eigenvalue weighted by atomic mass is 9.98. The normalized spacial score (nSPS) is 38.8. The van der Waals surface area contributed by atoms with Crippen LogP contribution in [0.4, 0.5) is 0 Å². The topological polar surface area (TPSA) is 74.3 Å². The summed E-state index contributed by atoms with van der Waals surface area (Å²) in [6.45, 7) is 3.93. The van der Waals surface area contributed by atoms with Gasteiger partial charge in [-0.15, -0.1) is 0 Å². The Morgan fingerprint density at radius 2 is 1.95 bits per heavy atom. The number of hydrogen-bond donors (Lipinski definition) is 0. The number of amides is 1. The Morgan fingerprint density at radius 3 is 2.58 bits per heavy atom. The fourth-order valence-electron chi connectivity index (χ4n) is 2.61. The molecule has 0 spiro atoms. The molecule has 2 atom stereocenters. The highest BCUT2D eigenvalue weighted by atomic mass is 16.9. The summed E-state index contributed by atoms with van der Waals surface area (Å²) < 4.78 is 21.1. The Kier molecular flexibility index (Phi) is 3.42. The van der Waals surface area contributed by atoms with Gasteiger partial charge < -0.3 is 23.8 Å². The molecule has 3 saturated heterocycles. The standard InChI is InChI=1S/C12H17NO6/c1-7-17-12(18-7)10-8(6-9(14)19-10)11(15)13-2-4-16-5-3-13/h7-8,10,12H,2-6H2,1H3/t7?,8-,10+,12?/m0/s1. The van der Waals surface area contributed by atoms with Crippen molar-refractivity contribution in [1.29, 1.82) is 0 Å². The van der Waals surface area contributed by atoms with Crippen LogP contribution in [-0.2, 0) is 28.5 Å². The Bertz CT molecular complexity index is 374. The van der Waals surface area contributed by atoms with Gasteiger partial charge in [0.25, 0.3) is 0 Å². The summed E-state index contributed by atoms with van der Waals surface area (Å²) >= 11 is 0. The van der Waals surface area contributed by atoms with Crippen molar-refractivity contribution < 1.29 is 28.5 Å². The van der Waals surface area contributed by atoms with Gasteiger partial charge in [0, 0.05) is 13.1 Å². The third kappa shape index (κ3) is 2.45. The second-order valence-electron chi connectivity index (χ2n) is 4.91. The van der Waals surface area contributed by atoms with E-state index in [1.807, 2.05) is 0 Å². The number of ether oxygens (including phenoxy) is 4. The summed E-state index contributed by atoms with van der Waals surface area (Å²) in [4.78, 5) is 25.6. The van der Waals surface area contributed by atoms with E-state index in [9.17, 15) is 9.59 Å². The number of rotatable bonds is 2. The van der Waals surface area contributed by atoms with E-state index < -0.39 is 18.3 Å². The van der Waals surface area contributed by atoms with Gasteiger partial charge in [-0.2, -0.15) is 0 Å². The van der Waals surface area contributed by atoms with Gasteiger partial charge in [-0.25, -0.2) is 0 Å². The van der Waals surface area contributed by atoms with Crippen molar-refractivity contribution in [2.24, 2.45) is 5.92 Å². The van der Waals surface area contributed by atoms with Crippen LogP contribution in [0.2, 0.25) is 0 Å². The lowest BCUT2D eigenvalue weighted by molar-refractivity contribution is -0.398. The maximum absolute atomic E-state index is 12.4. The van der Waals surface area contributed by atoms with E-state index in [2.05, 4.69) is 0 Å². The molecule has 19 heavy (non-hydrogen) atoms. The summed E-state index contributed by atoms with van der Waals surface area (Å²) in [5, 5.41) is 0. The average Bonchev–Trinajstić information content (AvgIpc) is 2.77. The molecule has 3 rings (SSSR count). The molecule has 0 unspecified atom stereocenters. The van der Waals surface area contributed by atoms with Crippen molar-refractivity contribution in [3.63, 3.8) is 0 Å². The van der Waals surface area contributed by atoms with Crippen LogP contribution >= 0.6 is 0 Å². The zero-order chi connectivity index (χ0) is 13.4. The van der Waals surface area contributed by atoms with Crippen LogP contribution in [0.25, 0.3) is 0 Å². The van der Waals surface area contributed by atoms with Crippen molar-refractivity contribution in [2.45, 2.75) is 32.0 Å². The van der Waals surface area contributed by atoms with Crippen LogP contribution in [0.15, 0.2) is 0 Å². The molecule has 3 aliphatic heterocycles. The van der Waals surface area contributed by atoms with E-state index in [1.54, 1.807) is 11.8 Å². The Balaban J connectivity index is 1.66. The molecule has 0 bridgehead atoms. The number of morpholine rings is 1. The van der Waals surface area contributed by atoms with Crippen molar-refractivity contribution in [3.8, 4) is 0 Å². The molecule has 0 aromatic carbocycles. The van der Waals surface area contributed by atoms with Crippen LogP contribution in [0.5, 0.6) is 0 Å². The molecule has 0 N–H and O–H groups in total. The molecule has 1 amide bonds. The van der Waals surface area contributed by atoms with Crippen molar-refractivity contribution in [3.05, 3.63) is 0 Å². The minimum absolute atomic E-state index is 0.0779. The quantitative estimate of drug-likeness (QED) is 0.630. The van der Waals surface area contributed by atoms with Gasteiger partial charge in [0.15, 0.2) is 12.4 Å². The van der Waals surface area contributed by atoms with Crippen LogP contribution in [0.1, 0.15) is 13.3 Å². The number of hydrogen-bond acceptors (Lipinski definition) is 6. The summed E-state index contributed by atoms with van der Waals surface area (Å²) in [6, 6.07) is 0. The van der Waals surface area contributed by atoms with Crippen LogP contribution in [0.3, 0.4) is 0 Å². The van der Waals surface area contributed by atoms with Crippen LogP contribution in [-0.4, -0.2) is 61.8 Å². The lowest BCUT2D eigenvalue weighted by Gasteiger charge is -2.39. The summed E-state index contributed by atoms with van der Waals surface area (Å²) in [5.41, 5.74) is 0. The predicted molar refractivity (Wildman–Crippen MR) is 60.8 cm³/mol. The van der Waals surface area contributed by atoms with E-state index in [0.29, 0.717) is 26.3 Å². The van der Waals surface area contributed by atoms with Gasteiger partial charge in [-0.1, -0.05) is 0 Å². The molecule has 3 fully saturated rings. The fourth-order valence-corrected chi connectivity index (χ4v) is 2.61. The molecular formula is C12H17NO6. The van der Waals surface area contributed by atoms with E-state index in [0.717, 1.165) is 0 Å². The van der Waals surface area contributed by atoms with Gasteiger partial charge in [0.2, 0.25) is 12.2 Å². The summed E-state index contributed by atoms with van der Waals surface area (Å²) in [7, 11) is 0. The monoisotopic (exact) mass is 271 g/mol. The molecule has 0 aliphatic carbocycles. The van der Waals surface area contributed by atoms with Gasteiger partial charge >= 0.3 is 5.97 Å². The number of esters is 1. The lowest BCUT2D eigenvalue weighted by Crippen LogP contribution is -2.53. The molecule has 0 aromatic heterocycles. The minimum Gasteiger partial charge on any atom is -0.456 e.